The fourth-order valence-corrected chi connectivity index (χ4v) is 4.41. The van der Waals surface area contributed by atoms with Crippen LogP contribution in [0.5, 0.6) is 0 Å². The van der Waals surface area contributed by atoms with Gasteiger partial charge in [-0.3, -0.25) is 4.90 Å². The molecule has 0 saturated carbocycles. The number of nitrogens with zero attached hydrogens (tertiary/aromatic N) is 3. The van der Waals surface area contributed by atoms with Crippen LogP contribution in [0.15, 0.2) is 18.3 Å². The third-order valence-electron chi connectivity index (χ3n) is 6.71. The second-order valence-electron chi connectivity index (χ2n) is 10.7. The van der Waals surface area contributed by atoms with Gasteiger partial charge in [0.15, 0.2) is 0 Å². The first-order valence-corrected chi connectivity index (χ1v) is 10.9. The second-order valence-corrected chi connectivity index (χ2v) is 10.7. The number of pyridine rings is 1. The number of ether oxygens (including phenoxy) is 1. The molecule has 4 heterocycles. The largest absolute Gasteiger partial charge is 0.496 e. The third-order valence-corrected chi connectivity index (χ3v) is 6.71. The molecule has 3 aliphatic rings. The number of fused-ring (bicyclic) bond motifs is 2. The Kier molecular flexibility index (Phi) is 5.09. The van der Waals surface area contributed by atoms with E-state index in [1.165, 1.54) is 0 Å². The highest BCUT2D eigenvalue weighted by Crippen LogP contribution is 2.37. The molecule has 8 heteroatoms. The zero-order chi connectivity index (χ0) is 21.9. The molecule has 4 rings (SSSR count). The quantitative estimate of drug-likeness (QED) is 0.693. The maximum Gasteiger partial charge on any atom is 0.496 e. The molecule has 7 nitrogen and oxygen atoms in total. The van der Waals surface area contributed by atoms with Crippen LogP contribution in [0, 0.1) is 0 Å². The molecule has 164 valence electrons. The summed E-state index contributed by atoms with van der Waals surface area (Å²) in [6.07, 6.45) is 3.66. The summed E-state index contributed by atoms with van der Waals surface area (Å²) in [7, 11) is -0.406. The van der Waals surface area contributed by atoms with Gasteiger partial charge >= 0.3 is 13.2 Å². The summed E-state index contributed by atoms with van der Waals surface area (Å²) in [6, 6.07) is 4.40. The predicted octanol–water partition coefficient (Wildman–Crippen LogP) is 2.97. The van der Waals surface area contributed by atoms with Gasteiger partial charge in [-0.2, -0.15) is 0 Å². The van der Waals surface area contributed by atoms with Crippen molar-refractivity contribution in [3.8, 4) is 0 Å². The first-order chi connectivity index (χ1) is 13.9. The molecule has 0 N–H and O–H groups in total. The Labute approximate surface area is 180 Å². The molecule has 1 aromatic rings. The van der Waals surface area contributed by atoms with Gasteiger partial charge in [0.1, 0.15) is 11.4 Å². The van der Waals surface area contributed by atoms with Crippen LogP contribution in [-0.4, -0.2) is 65.1 Å². The van der Waals surface area contributed by atoms with Crippen LogP contribution < -0.4 is 10.4 Å². The van der Waals surface area contributed by atoms with Crippen LogP contribution in [0.2, 0.25) is 0 Å². The summed E-state index contributed by atoms with van der Waals surface area (Å²) in [5.41, 5.74) is -0.285. The summed E-state index contributed by atoms with van der Waals surface area (Å²) < 4.78 is 17.9. The van der Waals surface area contributed by atoms with Crippen LogP contribution in [0.4, 0.5) is 10.6 Å². The van der Waals surface area contributed by atoms with E-state index in [9.17, 15) is 4.79 Å². The van der Waals surface area contributed by atoms with Crippen LogP contribution >= 0.6 is 0 Å². The van der Waals surface area contributed by atoms with E-state index in [2.05, 4.69) is 32.6 Å². The number of carbonyl (C=O) groups excluding carboxylic acids is 1. The lowest BCUT2D eigenvalue weighted by Gasteiger charge is -2.41. The molecule has 0 aliphatic carbocycles. The van der Waals surface area contributed by atoms with Gasteiger partial charge in [-0.1, -0.05) is 6.07 Å². The molecular weight excluding hydrogens is 381 g/mol. The van der Waals surface area contributed by atoms with E-state index in [0.29, 0.717) is 0 Å². The van der Waals surface area contributed by atoms with Gasteiger partial charge in [-0.05, 0) is 67.4 Å². The highest BCUT2D eigenvalue weighted by Gasteiger charge is 2.52. The van der Waals surface area contributed by atoms with Crippen LogP contribution in [0.3, 0.4) is 0 Å². The van der Waals surface area contributed by atoms with E-state index >= 15 is 0 Å². The molecule has 0 aromatic carbocycles. The minimum absolute atomic E-state index is 0.170. The molecule has 3 fully saturated rings. The third kappa shape index (κ3) is 3.92. The van der Waals surface area contributed by atoms with Crippen molar-refractivity contribution < 1.29 is 18.8 Å². The van der Waals surface area contributed by atoms with Gasteiger partial charge in [0.05, 0.1) is 23.3 Å². The van der Waals surface area contributed by atoms with Crippen LogP contribution in [0.25, 0.3) is 0 Å². The molecule has 30 heavy (non-hydrogen) atoms. The molecular formula is C22H34BN3O4. The lowest BCUT2D eigenvalue weighted by atomic mass is 9.80. The van der Waals surface area contributed by atoms with Crippen LogP contribution in [0.1, 0.15) is 61.3 Å². The van der Waals surface area contributed by atoms with E-state index in [-0.39, 0.29) is 29.4 Å². The molecule has 3 saturated heterocycles. The average molecular weight is 415 g/mol. The molecule has 0 spiro atoms. The maximum absolute atomic E-state index is 12.7. The zero-order valence-electron chi connectivity index (χ0n) is 19.3. The standard InChI is InChI=1S/C22H34BN3O4/c1-20(2,3)28-19(27)26-16-9-10-17(26)14-25(13-16)18-11-8-15(12-24-18)23-29-21(4,5)22(6,7)30-23/h8,11-12,16-17H,9-10,13-14H2,1-7H3. The number of aromatic nitrogens is 1. The van der Waals surface area contributed by atoms with Gasteiger partial charge in [0, 0.05) is 24.7 Å². The smallest absolute Gasteiger partial charge is 0.444 e. The molecule has 0 radical (unpaired) electrons. The number of amides is 1. The molecule has 2 atom stereocenters. The van der Waals surface area contributed by atoms with Crippen molar-refractivity contribution in [2.45, 2.75) is 90.2 Å². The van der Waals surface area contributed by atoms with E-state index in [1.807, 2.05) is 44.0 Å². The zero-order valence-corrected chi connectivity index (χ0v) is 19.3. The summed E-state index contributed by atoms with van der Waals surface area (Å²) in [5, 5.41) is 0. The van der Waals surface area contributed by atoms with Gasteiger partial charge in [-0.25, -0.2) is 9.78 Å². The molecule has 2 unspecified atom stereocenters. The topological polar surface area (TPSA) is 64.1 Å². The average Bonchev–Trinajstić information content (AvgIpc) is 3.02. The second kappa shape index (κ2) is 7.13. The fraction of sp³-hybridized carbons (Fsp3) is 0.727. The van der Waals surface area contributed by atoms with Crippen molar-refractivity contribution in [1.29, 1.82) is 0 Å². The summed E-state index contributed by atoms with van der Waals surface area (Å²) in [4.78, 5) is 21.6. The number of hydrogen-bond donors (Lipinski definition) is 0. The van der Waals surface area contributed by atoms with Crippen molar-refractivity contribution in [2.24, 2.45) is 0 Å². The summed E-state index contributed by atoms with van der Waals surface area (Å²) >= 11 is 0. The van der Waals surface area contributed by atoms with E-state index in [4.69, 9.17) is 19.0 Å². The minimum Gasteiger partial charge on any atom is -0.444 e. The normalized spacial score (nSPS) is 27.5. The Bertz CT molecular complexity index is 776. The summed E-state index contributed by atoms with van der Waals surface area (Å²) in [6.45, 7) is 15.5. The van der Waals surface area contributed by atoms with Crippen molar-refractivity contribution in [1.82, 2.24) is 9.88 Å². The van der Waals surface area contributed by atoms with Gasteiger partial charge in [0.2, 0.25) is 0 Å². The lowest BCUT2D eigenvalue weighted by molar-refractivity contribution is 0.00578. The monoisotopic (exact) mass is 415 g/mol. The Balaban J connectivity index is 1.43. The van der Waals surface area contributed by atoms with E-state index in [0.717, 1.165) is 37.2 Å². The SMILES string of the molecule is CC(C)(C)OC(=O)N1C2CCC1CN(c1ccc(B3OC(C)(C)C(C)(C)O3)cn1)C2. The van der Waals surface area contributed by atoms with Crippen LogP contribution in [-0.2, 0) is 14.0 Å². The van der Waals surface area contributed by atoms with Crippen molar-refractivity contribution >= 4 is 24.5 Å². The predicted molar refractivity (Wildman–Crippen MR) is 117 cm³/mol. The number of carbonyl (C=O) groups is 1. The Hall–Kier alpha value is -1.80. The Morgan fingerprint density at radius 2 is 1.67 bits per heavy atom. The van der Waals surface area contributed by atoms with Gasteiger partial charge < -0.3 is 18.9 Å². The Morgan fingerprint density at radius 1 is 1.10 bits per heavy atom. The minimum atomic E-state index is -0.474. The number of piperazine rings is 1. The van der Waals surface area contributed by atoms with Gasteiger partial charge in [0.25, 0.3) is 0 Å². The number of rotatable bonds is 2. The van der Waals surface area contributed by atoms with E-state index < -0.39 is 12.7 Å². The molecule has 2 bridgehead atoms. The summed E-state index contributed by atoms with van der Waals surface area (Å²) in [5.74, 6) is 0.927. The number of hydrogen-bond acceptors (Lipinski definition) is 6. The maximum atomic E-state index is 12.7. The lowest BCUT2D eigenvalue weighted by Crippen LogP contribution is -2.57. The fourth-order valence-electron chi connectivity index (χ4n) is 4.41. The first kappa shape index (κ1) is 21.4. The number of anilines is 1. The highest BCUT2D eigenvalue weighted by atomic mass is 16.7. The molecule has 3 aliphatic heterocycles. The first-order valence-electron chi connectivity index (χ1n) is 10.9. The van der Waals surface area contributed by atoms with Crippen molar-refractivity contribution in [2.75, 3.05) is 18.0 Å². The van der Waals surface area contributed by atoms with E-state index in [1.54, 1.807) is 0 Å². The van der Waals surface area contributed by atoms with Crippen molar-refractivity contribution in [3.05, 3.63) is 18.3 Å². The van der Waals surface area contributed by atoms with Crippen molar-refractivity contribution in [3.63, 3.8) is 0 Å². The molecule has 1 aromatic heterocycles. The highest BCUT2D eigenvalue weighted by molar-refractivity contribution is 6.62. The molecule has 1 amide bonds. The Morgan fingerprint density at radius 3 is 2.13 bits per heavy atom. The van der Waals surface area contributed by atoms with Gasteiger partial charge in [-0.15, -0.1) is 0 Å².